The van der Waals surface area contributed by atoms with E-state index in [-0.39, 0.29) is 10.6 Å². The molecule has 0 bridgehead atoms. The van der Waals surface area contributed by atoms with Gasteiger partial charge in [-0.2, -0.15) is 0 Å². The van der Waals surface area contributed by atoms with Crippen LogP contribution >= 0.6 is 0 Å². The highest BCUT2D eigenvalue weighted by Crippen LogP contribution is 2.15. The number of aryl methyl sites for hydroxylation is 2. The summed E-state index contributed by atoms with van der Waals surface area (Å²) in [6, 6.07) is 14.0. The summed E-state index contributed by atoms with van der Waals surface area (Å²) < 4.78 is 0. The van der Waals surface area contributed by atoms with Gasteiger partial charge in [0, 0.05) is 12.1 Å². The van der Waals surface area contributed by atoms with Gasteiger partial charge in [0.1, 0.15) is 5.75 Å². The zero-order chi connectivity index (χ0) is 14.4. The predicted molar refractivity (Wildman–Crippen MR) is 77.8 cm³/mol. The Hall–Kier alpha value is -2.36. The largest absolute Gasteiger partial charge is 0.508 e. The summed E-state index contributed by atoms with van der Waals surface area (Å²) in [6.07, 6.45) is 4.00. The fourth-order valence-electron chi connectivity index (χ4n) is 2.11. The lowest BCUT2D eigenvalue weighted by molar-refractivity contribution is -0.384. The maximum absolute atomic E-state index is 10.5. The van der Waals surface area contributed by atoms with E-state index in [1.54, 1.807) is 24.3 Å². The summed E-state index contributed by atoms with van der Waals surface area (Å²) in [4.78, 5) is 10.2. The number of nitrogens with zero attached hydrogens (tertiary/aromatic N) is 1. The Morgan fingerprint density at radius 1 is 0.850 bits per heavy atom. The Bertz CT molecular complexity index is 561. The second-order valence-corrected chi connectivity index (χ2v) is 4.80. The molecule has 2 aromatic carbocycles. The lowest BCUT2D eigenvalue weighted by Gasteiger charge is -2.03. The molecule has 0 fully saturated rings. The molecule has 0 aliphatic carbocycles. The van der Waals surface area contributed by atoms with Crippen molar-refractivity contribution in [3.8, 4) is 5.75 Å². The van der Waals surface area contributed by atoms with Crippen LogP contribution in [0.25, 0.3) is 0 Å². The van der Waals surface area contributed by atoms with Gasteiger partial charge >= 0.3 is 0 Å². The van der Waals surface area contributed by atoms with Gasteiger partial charge < -0.3 is 5.11 Å². The van der Waals surface area contributed by atoms with Crippen LogP contribution in [0, 0.1) is 10.1 Å². The molecule has 1 N–H and O–H groups in total. The highest BCUT2D eigenvalue weighted by molar-refractivity contribution is 5.32. The molecule has 0 atom stereocenters. The summed E-state index contributed by atoms with van der Waals surface area (Å²) in [5, 5.41) is 19.7. The molecule has 0 saturated heterocycles. The number of benzene rings is 2. The Balaban J connectivity index is 1.75. The molecule has 0 heterocycles. The molecular formula is C16H17NO3. The monoisotopic (exact) mass is 271 g/mol. The van der Waals surface area contributed by atoms with Crippen LogP contribution in [-0.2, 0) is 12.8 Å². The number of phenols is 1. The molecule has 0 aliphatic heterocycles. The summed E-state index contributed by atoms with van der Waals surface area (Å²) in [6.45, 7) is 0. The normalized spacial score (nSPS) is 10.4. The van der Waals surface area contributed by atoms with E-state index in [1.165, 1.54) is 5.56 Å². The van der Waals surface area contributed by atoms with E-state index in [0.717, 1.165) is 31.2 Å². The first-order valence-corrected chi connectivity index (χ1v) is 6.66. The van der Waals surface area contributed by atoms with Gasteiger partial charge in [0.15, 0.2) is 0 Å². The molecule has 20 heavy (non-hydrogen) atoms. The zero-order valence-corrected chi connectivity index (χ0v) is 11.2. The SMILES string of the molecule is O=[N+]([O-])c1ccc(CCCCc2ccc(O)cc2)cc1. The van der Waals surface area contributed by atoms with Gasteiger partial charge in [-0.25, -0.2) is 0 Å². The molecule has 0 amide bonds. The van der Waals surface area contributed by atoms with E-state index in [2.05, 4.69) is 0 Å². The second kappa shape index (κ2) is 6.70. The molecule has 4 heteroatoms. The minimum absolute atomic E-state index is 0.137. The van der Waals surface area contributed by atoms with Crippen molar-refractivity contribution in [3.63, 3.8) is 0 Å². The third-order valence-corrected chi connectivity index (χ3v) is 3.26. The van der Waals surface area contributed by atoms with Crippen molar-refractivity contribution in [1.82, 2.24) is 0 Å². The van der Waals surface area contributed by atoms with Crippen LogP contribution in [0.15, 0.2) is 48.5 Å². The van der Waals surface area contributed by atoms with E-state index in [0.29, 0.717) is 5.75 Å². The quantitative estimate of drug-likeness (QED) is 0.493. The van der Waals surface area contributed by atoms with Crippen LogP contribution in [-0.4, -0.2) is 10.0 Å². The molecule has 2 aromatic rings. The second-order valence-electron chi connectivity index (χ2n) is 4.80. The first kappa shape index (κ1) is 14.1. The van der Waals surface area contributed by atoms with E-state index < -0.39 is 0 Å². The smallest absolute Gasteiger partial charge is 0.269 e. The molecule has 0 aliphatic rings. The number of non-ortho nitro benzene ring substituents is 1. The van der Waals surface area contributed by atoms with Crippen LogP contribution in [0.5, 0.6) is 5.75 Å². The predicted octanol–water partition coefficient (Wildman–Crippen LogP) is 3.87. The van der Waals surface area contributed by atoms with Crippen molar-refractivity contribution in [2.24, 2.45) is 0 Å². The fourth-order valence-corrected chi connectivity index (χ4v) is 2.11. The topological polar surface area (TPSA) is 63.4 Å². The Labute approximate surface area is 117 Å². The van der Waals surface area contributed by atoms with Crippen LogP contribution in [0.2, 0.25) is 0 Å². The third kappa shape index (κ3) is 4.09. The highest BCUT2D eigenvalue weighted by Gasteiger charge is 2.03. The van der Waals surface area contributed by atoms with Gasteiger partial charge in [-0.1, -0.05) is 24.3 Å². The standard InChI is InChI=1S/C16H17NO3/c18-16-11-7-14(8-12-16)4-2-1-3-13-5-9-15(10-6-13)17(19)20/h5-12,18H,1-4H2. The molecule has 0 saturated carbocycles. The molecule has 0 aromatic heterocycles. The van der Waals surface area contributed by atoms with Crippen molar-refractivity contribution in [2.45, 2.75) is 25.7 Å². The number of aromatic hydroxyl groups is 1. The lowest BCUT2D eigenvalue weighted by Crippen LogP contribution is -1.91. The van der Waals surface area contributed by atoms with Gasteiger partial charge in [0.25, 0.3) is 5.69 Å². The molecule has 0 radical (unpaired) electrons. The van der Waals surface area contributed by atoms with Crippen LogP contribution in [0.4, 0.5) is 5.69 Å². The number of unbranched alkanes of at least 4 members (excludes halogenated alkanes) is 1. The van der Waals surface area contributed by atoms with E-state index in [1.807, 2.05) is 24.3 Å². The number of hydrogen-bond donors (Lipinski definition) is 1. The number of phenolic OH excluding ortho intramolecular Hbond substituents is 1. The molecule has 0 unspecified atom stereocenters. The molecule has 2 rings (SSSR count). The van der Waals surface area contributed by atoms with Crippen molar-refractivity contribution < 1.29 is 10.0 Å². The Morgan fingerprint density at radius 3 is 1.75 bits per heavy atom. The highest BCUT2D eigenvalue weighted by atomic mass is 16.6. The minimum atomic E-state index is -0.380. The van der Waals surface area contributed by atoms with Crippen molar-refractivity contribution in [2.75, 3.05) is 0 Å². The number of rotatable bonds is 6. The fraction of sp³-hybridized carbons (Fsp3) is 0.250. The molecule has 104 valence electrons. The third-order valence-electron chi connectivity index (χ3n) is 3.26. The Kier molecular flexibility index (Phi) is 4.71. The summed E-state index contributed by atoms with van der Waals surface area (Å²) in [7, 11) is 0. The van der Waals surface area contributed by atoms with Gasteiger partial charge in [0.2, 0.25) is 0 Å². The minimum Gasteiger partial charge on any atom is -0.508 e. The maximum atomic E-state index is 10.5. The number of nitro benzene ring substituents is 1. The van der Waals surface area contributed by atoms with Crippen molar-refractivity contribution >= 4 is 5.69 Å². The number of hydrogen-bond acceptors (Lipinski definition) is 3. The van der Waals surface area contributed by atoms with Gasteiger partial charge in [-0.15, -0.1) is 0 Å². The molecule has 4 nitrogen and oxygen atoms in total. The van der Waals surface area contributed by atoms with E-state index in [4.69, 9.17) is 0 Å². The van der Waals surface area contributed by atoms with Crippen LogP contribution < -0.4 is 0 Å². The van der Waals surface area contributed by atoms with E-state index in [9.17, 15) is 15.2 Å². The van der Waals surface area contributed by atoms with E-state index >= 15 is 0 Å². The van der Waals surface area contributed by atoms with Crippen molar-refractivity contribution in [3.05, 3.63) is 69.8 Å². The Morgan fingerprint density at radius 2 is 1.30 bits per heavy atom. The summed E-state index contributed by atoms with van der Waals surface area (Å²) in [5.74, 6) is 0.291. The summed E-state index contributed by atoms with van der Waals surface area (Å²) >= 11 is 0. The van der Waals surface area contributed by atoms with Crippen LogP contribution in [0.3, 0.4) is 0 Å². The van der Waals surface area contributed by atoms with Crippen molar-refractivity contribution in [1.29, 1.82) is 0 Å². The zero-order valence-electron chi connectivity index (χ0n) is 11.2. The molecule has 0 spiro atoms. The molecular weight excluding hydrogens is 254 g/mol. The van der Waals surface area contributed by atoms with Crippen LogP contribution in [0.1, 0.15) is 24.0 Å². The summed E-state index contributed by atoms with van der Waals surface area (Å²) in [5.41, 5.74) is 2.48. The van der Waals surface area contributed by atoms with Gasteiger partial charge in [-0.3, -0.25) is 10.1 Å². The maximum Gasteiger partial charge on any atom is 0.269 e. The lowest BCUT2D eigenvalue weighted by atomic mass is 10.0. The first-order chi connectivity index (χ1) is 9.65. The van der Waals surface area contributed by atoms with Gasteiger partial charge in [0.05, 0.1) is 4.92 Å². The van der Waals surface area contributed by atoms with Gasteiger partial charge in [-0.05, 0) is 48.9 Å². The first-order valence-electron chi connectivity index (χ1n) is 6.66. The average molecular weight is 271 g/mol. The average Bonchev–Trinajstić information content (AvgIpc) is 2.46. The number of nitro groups is 1.